The maximum absolute atomic E-state index is 15.2. The van der Waals surface area contributed by atoms with Gasteiger partial charge in [-0.3, -0.25) is 9.36 Å². The molecule has 2 aromatic carbocycles. The summed E-state index contributed by atoms with van der Waals surface area (Å²) in [6.45, 7) is 6.74. The molecule has 1 heterocycles. The fourth-order valence-electron chi connectivity index (χ4n) is 3.43. The Morgan fingerprint density at radius 3 is 2.53 bits per heavy atom. The summed E-state index contributed by atoms with van der Waals surface area (Å²) in [7, 11) is 1.41. The third kappa shape index (κ3) is 5.01. The number of unbranched alkanes of at least 4 members (excludes halogenated alkanes) is 1. The zero-order valence-corrected chi connectivity index (χ0v) is 19.8. The molecule has 182 valence electrons. The first-order chi connectivity index (χ1) is 16.0. The van der Waals surface area contributed by atoms with Crippen LogP contribution in [0.1, 0.15) is 55.4 Å². The molecule has 0 atom stereocenters. The number of aromatic nitrogens is 3. The third-order valence-electron chi connectivity index (χ3n) is 5.27. The van der Waals surface area contributed by atoms with Crippen LogP contribution in [0.2, 0.25) is 0 Å². The molecule has 0 aliphatic rings. The molecule has 0 aliphatic carbocycles. The summed E-state index contributed by atoms with van der Waals surface area (Å²) in [5.74, 6) is -2.27. The first-order valence-corrected chi connectivity index (χ1v) is 10.9. The molecule has 0 bridgehead atoms. The van der Waals surface area contributed by atoms with Gasteiger partial charge in [-0.25, -0.2) is 13.6 Å². The van der Waals surface area contributed by atoms with Crippen molar-refractivity contribution < 1.29 is 23.4 Å². The van der Waals surface area contributed by atoms with Crippen LogP contribution in [-0.2, 0) is 12.6 Å². The Hall–Kier alpha value is -3.53. The largest absolute Gasteiger partial charge is 0.493 e. The fraction of sp³-hybridized carbons (Fsp3) is 0.375. The quantitative estimate of drug-likeness (QED) is 0.484. The maximum atomic E-state index is 15.2. The number of halogens is 2. The first-order valence-electron chi connectivity index (χ1n) is 10.9. The van der Waals surface area contributed by atoms with Gasteiger partial charge >= 0.3 is 5.69 Å². The number of hydrogen-bond donors (Lipinski definition) is 2. The van der Waals surface area contributed by atoms with Gasteiger partial charge in [-0.15, -0.1) is 5.10 Å². The third-order valence-corrected chi connectivity index (χ3v) is 5.27. The van der Waals surface area contributed by atoms with Crippen molar-refractivity contribution in [2.45, 2.75) is 46.1 Å². The highest BCUT2D eigenvalue weighted by Gasteiger charge is 2.27. The van der Waals surface area contributed by atoms with Gasteiger partial charge in [0.25, 0.3) is 5.91 Å². The number of rotatable bonds is 8. The van der Waals surface area contributed by atoms with E-state index in [0.29, 0.717) is 12.0 Å². The average Bonchev–Trinajstić information content (AvgIpc) is 3.06. The Morgan fingerprint density at radius 1 is 1.24 bits per heavy atom. The Bertz CT molecular complexity index is 1250. The molecule has 0 saturated carbocycles. The monoisotopic (exact) mass is 474 g/mol. The molecule has 3 aromatic rings. The average molecular weight is 475 g/mol. The van der Waals surface area contributed by atoms with E-state index in [1.165, 1.54) is 39.1 Å². The molecular formula is C24H28F2N4O4. The number of carbonyl (C=O) groups excluding carboxylic acids is 1. The van der Waals surface area contributed by atoms with Crippen LogP contribution >= 0.6 is 0 Å². The Morgan fingerprint density at radius 2 is 1.94 bits per heavy atom. The van der Waals surface area contributed by atoms with Crippen molar-refractivity contribution in [2.75, 3.05) is 11.9 Å². The van der Waals surface area contributed by atoms with Crippen LogP contribution in [0.3, 0.4) is 0 Å². The zero-order chi connectivity index (χ0) is 25.2. The molecule has 0 aliphatic heterocycles. The molecule has 8 nitrogen and oxygen atoms in total. The van der Waals surface area contributed by atoms with Crippen molar-refractivity contribution in [3.63, 3.8) is 0 Å². The number of carbonyl (C=O) groups is 1. The second kappa shape index (κ2) is 9.76. The summed E-state index contributed by atoms with van der Waals surface area (Å²) < 4.78 is 37.1. The van der Waals surface area contributed by atoms with Gasteiger partial charge in [0.1, 0.15) is 28.7 Å². The molecular weight excluding hydrogens is 446 g/mol. The SMILES string of the molecule is CCCCOc1cc(-n2nc(C(C)(C)O)n(C)c2=O)c(F)cc1C(=O)Nc1c(C)cccc1F. The van der Waals surface area contributed by atoms with Gasteiger partial charge in [-0.1, -0.05) is 25.5 Å². The van der Waals surface area contributed by atoms with Crippen LogP contribution in [0.5, 0.6) is 5.75 Å². The highest BCUT2D eigenvalue weighted by atomic mass is 19.1. The summed E-state index contributed by atoms with van der Waals surface area (Å²) in [6.07, 6.45) is 1.49. The molecule has 1 amide bonds. The lowest BCUT2D eigenvalue weighted by Gasteiger charge is -2.15. The van der Waals surface area contributed by atoms with E-state index < -0.39 is 28.8 Å². The fourth-order valence-corrected chi connectivity index (χ4v) is 3.43. The van der Waals surface area contributed by atoms with E-state index in [1.807, 2.05) is 6.92 Å². The number of nitrogens with zero attached hydrogens (tertiary/aromatic N) is 3. The Balaban J connectivity index is 2.10. The van der Waals surface area contributed by atoms with Crippen molar-refractivity contribution in [1.82, 2.24) is 14.3 Å². The number of benzene rings is 2. The van der Waals surface area contributed by atoms with Crippen LogP contribution in [0, 0.1) is 18.6 Å². The predicted octanol–water partition coefficient (Wildman–Crippen LogP) is 3.82. The molecule has 0 fully saturated rings. The van der Waals surface area contributed by atoms with Gasteiger partial charge < -0.3 is 15.2 Å². The van der Waals surface area contributed by atoms with Crippen molar-refractivity contribution in [1.29, 1.82) is 0 Å². The minimum atomic E-state index is -1.45. The van der Waals surface area contributed by atoms with E-state index in [9.17, 15) is 19.1 Å². The smallest absolute Gasteiger partial charge is 0.350 e. The second-order valence-electron chi connectivity index (χ2n) is 8.52. The number of ether oxygens (including phenoxy) is 1. The van der Waals surface area contributed by atoms with Crippen LogP contribution in [0.15, 0.2) is 35.1 Å². The molecule has 3 rings (SSSR count). The topological polar surface area (TPSA) is 98.4 Å². The van der Waals surface area contributed by atoms with Crippen molar-refractivity contribution in [3.05, 3.63) is 69.4 Å². The molecule has 0 radical (unpaired) electrons. The molecule has 2 N–H and O–H groups in total. The summed E-state index contributed by atoms with van der Waals surface area (Å²) in [5.41, 5.74) is -2.07. The van der Waals surface area contributed by atoms with Crippen LogP contribution in [-0.4, -0.2) is 32.0 Å². The molecule has 10 heteroatoms. The number of aryl methyl sites for hydroxylation is 1. The van der Waals surface area contributed by atoms with E-state index in [1.54, 1.807) is 13.0 Å². The van der Waals surface area contributed by atoms with Crippen LogP contribution < -0.4 is 15.7 Å². The van der Waals surface area contributed by atoms with Crippen LogP contribution in [0.4, 0.5) is 14.5 Å². The number of anilines is 1. The minimum absolute atomic E-state index is 0.0127. The predicted molar refractivity (Wildman–Crippen MR) is 124 cm³/mol. The van der Waals surface area contributed by atoms with Gasteiger partial charge in [0.15, 0.2) is 5.82 Å². The normalized spacial score (nSPS) is 11.5. The van der Waals surface area contributed by atoms with Crippen LogP contribution in [0.25, 0.3) is 5.69 Å². The molecule has 0 saturated heterocycles. The molecule has 0 unspecified atom stereocenters. The summed E-state index contributed by atoms with van der Waals surface area (Å²) in [5, 5.41) is 16.8. The summed E-state index contributed by atoms with van der Waals surface area (Å²) in [6, 6.07) is 6.48. The number of nitrogens with one attached hydrogen (secondary N) is 1. The Labute approximate surface area is 195 Å². The lowest BCUT2D eigenvalue weighted by molar-refractivity contribution is 0.0649. The number of para-hydroxylation sites is 1. The highest BCUT2D eigenvalue weighted by Crippen LogP contribution is 2.28. The highest BCUT2D eigenvalue weighted by molar-refractivity contribution is 6.06. The summed E-state index contributed by atoms with van der Waals surface area (Å²) in [4.78, 5) is 25.7. The Kier molecular flexibility index (Phi) is 7.21. The number of amides is 1. The summed E-state index contributed by atoms with van der Waals surface area (Å²) >= 11 is 0. The van der Waals surface area contributed by atoms with Crippen molar-refractivity contribution >= 4 is 11.6 Å². The minimum Gasteiger partial charge on any atom is -0.493 e. The second-order valence-corrected chi connectivity index (χ2v) is 8.52. The van der Waals surface area contributed by atoms with Gasteiger partial charge in [-0.05, 0) is 44.9 Å². The number of aliphatic hydroxyl groups is 1. The van der Waals surface area contributed by atoms with Gasteiger partial charge in [0.05, 0.1) is 17.9 Å². The lowest BCUT2D eigenvalue weighted by atomic mass is 10.1. The van der Waals surface area contributed by atoms with Crippen molar-refractivity contribution in [2.24, 2.45) is 7.05 Å². The molecule has 0 spiro atoms. The van der Waals surface area contributed by atoms with Gasteiger partial charge in [0.2, 0.25) is 0 Å². The van der Waals surface area contributed by atoms with Crippen molar-refractivity contribution in [3.8, 4) is 11.4 Å². The molecule has 1 aromatic heterocycles. The number of hydrogen-bond acceptors (Lipinski definition) is 5. The van der Waals surface area contributed by atoms with E-state index in [-0.39, 0.29) is 35.1 Å². The van der Waals surface area contributed by atoms with E-state index in [2.05, 4.69) is 10.4 Å². The first kappa shape index (κ1) is 25.1. The lowest BCUT2D eigenvalue weighted by Crippen LogP contribution is -2.26. The van der Waals surface area contributed by atoms with E-state index in [0.717, 1.165) is 21.7 Å². The standard InChI is InChI=1S/C24H28F2N4O4/c1-6-7-11-34-19-13-18(30-23(32)29(5)22(28-30)24(3,4)33)17(26)12-15(19)21(31)27-20-14(2)9-8-10-16(20)25/h8-10,12-13,33H,6-7,11H2,1-5H3,(H,27,31). The molecule has 34 heavy (non-hydrogen) atoms. The van der Waals surface area contributed by atoms with Gasteiger partial charge in [-0.2, -0.15) is 4.68 Å². The van der Waals surface area contributed by atoms with E-state index in [4.69, 9.17) is 4.74 Å². The van der Waals surface area contributed by atoms with E-state index >= 15 is 4.39 Å². The maximum Gasteiger partial charge on any atom is 0.350 e. The zero-order valence-electron chi connectivity index (χ0n) is 19.8. The van der Waals surface area contributed by atoms with Gasteiger partial charge in [0, 0.05) is 13.1 Å².